The topological polar surface area (TPSA) is 103 Å². The van der Waals surface area contributed by atoms with Crippen molar-refractivity contribution in [3.05, 3.63) is 12.4 Å². The first kappa shape index (κ1) is 27.1. The maximum atomic E-state index is 13.5. The summed E-state index contributed by atoms with van der Waals surface area (Å²) in [7, 11) is -0.593. The highest BCUT2D eigenvalue weighted by Crippen LogP contribution is 2.36. The molecule has 0 unspecified atom stereocenters. The van der Waals surface area contributed by atoms with Crippen molar-refractivity contribution in [2.24, 2.45) is 5.92 Å². The van der Waals surface area contributed by atoms with Crippen LogP contribution >= 0.6 is 0 Å². The largest absolute Gasteiger partial charge is 0.498 e. The van der Waals surface area contributed by atoms with Crippen LogP contribution in [0.4, 0.5) is 10.7 Å². The van der Waals surface area contributed by atoms with E-state index >= 15 is 0 Å². The second-order valence-corrected chi connectivity index (χ2v) is 11.1. The molecule has 184 valence electrons. The van der Waals surface area contributed by atoms with Gasteiger partial charge in [0.15, 0.2) is 0 Å². The van der Waals surface area contributed by atoms with Gasteiger partial charge in [-0.05, 0) is 68.2 Å². The minimum absolute atomic E-state index is 0.171. The molecule has 1 aliphatic heterocycles. The lowest BCUT2D eigenvalue weighted by Crippen LogP contribution is -2.54. The summed E-state index contributed by atoms with van der Waals surface area (Å²) in [6.45, 7) is 20.7. The number of aromatic nitrogens is 2. The molecular weight excluding hydrogens is 423 g/mol. The molecule has 0 bridgehead atoms. The van der Waals surface area contributed by atoms with E-state index in [2.05, 4.69) is 15.3 Å². The number of hydrogen-bond donors (Lipinski definition) is 1. The number of anilines is 1. The normalized spacial score (nSPS) is 18.4. The van der Waals surface area contributed by atoms with E-state index in [0.29, 0.717) is 5.46 Å². The molecule has 1 saturated heterocycles. The van der Waals surface area contributed by atoms with Gasteiger partial charge in [0.1, 0.15) is 11.6 Å². The fourth-order valence-corrected chi connectivity index (χ4v) is 3.24. The molecule has 33 heavy (non-hydrogen) atoms. The lowest BCUT2D eigenvalue weighted by Gasteiger charge is -2.32. The molecule has 2 heterocycles. The summed E-state index contributed by atoms with van der Waals surface area (Å²) >= 11 is 0. The van der Waals surface area contributed by atoms with Gasteiger partial charge in [-0.3, -0.25) is 9.69 Å². The van der Waals surface area contributed by atoms with Crippen LogP contribution in [0.5, 0.6) is 0 Å². The number of nitrogens with zero attached hydrogens (tertiary/aromatic N) is 3. The predicted molar refractivity (Wildman–Crippen MR) is 128 cm³/mol. The molecule has 9 nitrogen and oxygen atoms in total. The van der Waals surface area contributed by atoms with Crippen molar-refractivity contribution in [3.8, 4) is 0 Å². The number of rotatable bonds is 6. The Hall–Kier alpha value is -2.20. The minimum Gasteiger partial charge on any atom is -0.444 e. The summed E-state index contributed by atoms with van der Waals surface area (Å²) in [6.07, 6.45) is 2.58. The van der Waals surface area contributed by atoms with Gasteiger partial charge in [0.2, 0.25) is 5.95 Å². The zero-order valence-electron chi connectivity index (χ0n) is 21.8. The molecule has 0 spiro atoms. The van der Waals surface area contributed by atoms with Crippen LogP contribution in [0.3, 0.4) is 0 Å². The predicted octanol–water partition coefficient (Wildman–Crippen LogP) is 3.07. The van der Waals surface area contributed by atoms with Gasteiger partial charge in [0.05, 0.1) is 11.2 Å². The third kappa shape index (κ3) is 6.44. The van der Waals surface area contributed by atoms with Crippen LogP contribution in [0.25, 0.3) is 0 Å². The van der Waals surface area contributed by atoms with Gasteiger partial charge in [-0.15, -0.1) is 0 Å². The molecule has 1 fully saturated rings. The number of nitrogens with one attached hydrogen (secondary N) is 1. The highest BCUT2D eigenvalue weighted by atomic mass is 16.7. The molecule has 1 aromatic rings. The summed E-state index contributed by atoms with van der Waals surface area (Å²) in [5, 5.41) is 2.70. The second kappa shape index (κ2) is 9.58. The van der Waals surface area contributed by atoms with Crippen LogP contribution < -0.4 is 15.7 Å². The van der Waals surface area contributed by atoms with Gasteiger partial charge in [-0.25, -0.2) is 14.8 Å². The van der Waals surface area contributed by atoms with Crippen LogP contribution in [0.15, 0.2) is 12.4 Å². The maximum absolute atomic E-state index is 13.5. The van der Waals surface area contributed by atoms with Crippen molar-refractivity contribution in [2.45, 2.75) is 105 Å². The van der Waals surface area contributed by atoms with Crippen LogP contribution in [0.2, 0.25) is 0 Å². The van der Waals surface area contributed by atoms with Crippen molar-refractivity contribution in [2.75, 3.05) is 4.90 Å². The Morgan fingerprint density at radius 2 is 1.52 bits per heavy atom. The highest BCUT2D eigenvalue weighted by molar-refractivity contribution is 6.61. The molecule has 0 aliphatic carbocycles. The van der Waals surface area contributed by atoms with Gasteiger partial charge in [-0.2, -0.15) is 0 Å². The summed E-state index contributed by atoms with van der Waals surface area (Å²) in [6, 6.07) is -1.03. The first-order valence-electron chi connectivity index (χ1n) is 11.5. The zero-order valence-corrected chi connectivity index (χ0v) is 21.8. The molecule has 0 aromatic carbocycles. The average molecular weight is 462 g/mol. The van der Waals surface area contributed by atoms with Crippen LogP contribution in [0, 0.1) is 5.92 Å². The molecule has 1 N–H and O–H groups in total. The van der Waals surface area contributed by atoms with Crippen molar-refractivity contribution >= 4 is 30.5 Å². The smallest absolute Gasteiger partial charge is 0.444 e. The van der Waals surface area contributed by atoms with E-state index in [1.165, 1.54) is 4.90 Å². The Morgan fingerprint density at radius 1 is 1.03 bits per heavy atom. The number of hydrogen-bond acceptors (Lipinski definition) is 7. The Kier molecular flexibility index (Phi) is 7.85. The van der Waals surface area contributed by atoms with Crippen molar-refractivity contribution in [1.29, 1.82) is 0 Å². The zero-order chi connectivity index (χ0) is 25.4. The van der Waals surface area contributed by atoms with Crippen LogP contribution in [-0.4, -0.2) is 58.0 Å². The number of ether oxygens (including phenoxy) is 1. The number of amides is 2. The highest BCUT2D eigenvalue weighted by Gasteiger charge is 2.52. The van der Waals surface area contributed by atoms with Crippen LogP contribution in [-0.2, 0) is 18.8 Å². The van der Waals surface area contributed by atoms with E-state index in [0.717, 1.165) is 0 Å². The summed E-state index contributed by atoms with van der Waals surface area (Å²) < 4.78 is 17.4. The van der Waals surface area contributed by atoms with E-state index in [1.807, 2.05) is 55.4 Å². The molecular formula is C23H39BN4O5. The summed E-state index contributed by atoms with van der Waals surface area (Å²) in [4.78, 5) is 36.2. The molecule has 0 saturated carbocycles. The number of carbonyl (C=O) groups excluding carboxylic acids is 2. The third-order valence-electron chi connectivity index (χ3n) is 5.76. The monoisotopic (exact) mass is 462 g/mol. The Bertz CT molecular complexity index is 833. The van der Waals surface area contributed by atoms with E-state index in [4.69, 9.17) is 14.0 Å². The summed E-state index contributed by atoms with van der Waals surface area (Å²) in [5.74, 6) is -0.239. The second-order valence-electron chi connectivity index (χ2n) is 11.1. The molecule has 2 amide bonds. The van der Waals surface area contributed by atoms with E-state index < -0.39 is 36.1 Å². The van der Waals surface area contributed by atoms with Gasteiger partial charge in [0, 0.05) is 23.9 Å². The molecule has 0 radical (unpaired) electrons. The average Bonchev–Trinajstić information content (AvgIpc) is 2.85. The van der Waals surface area contributed by atoms with E-state index in [-0.39, 0.29) is 23.8 Å². The Morgan fingerprint density at radius 3 is 1.91 bits per heavy atom. The molecule has 1 atom stereocenters. The quantitative estimate of drug-likeness (QED) is 0.648. The maximum Gasteiger partial charge on any atom is 0.498 e. The summed E-state index contributed by atoms with van der Waals surface area (Å²) in [5.41, 5.74) is -0.957. The molecule has 2 rings (SSSR count). The van der Waals surface area contributed by atoms with E-state index in [1.54, 1.807) is 33.2 Å². The number of carbonyl (C=O) groups is 2. The SMILES string of the molecule is CC(C)[C@@H](NC(=O)OC(C)(C)C)C(=O)N(c1ncc(B2OC(C)(C)C(C)(C)O2)cn1)C(C)C. The fraction of sp³-hybridized carbons (Fsp3) is 0.739. The first-order valence-corrected chi connectivity index (χ1v) is 11.5. The minimum atomic E-state index is -0.798. The number of alkyl carbamates (subject to hydrolysis) is 1. The van der Waals surface area contributed by atoms with Crippen molar-refractivity contribution < 1.29 is 23.6 Å². The van der Waals surface area contributed by atoms with Gasteiger partial charge in [-0.1, -0.05) is 13.8 Å². The fourth-order valence-electron chi connectivity index (χ4n) is 3.24. The molecule has 1 aliphatic rings. The van der Waals surface area contributed by atoms with Gasteiger partial charge >= 0.3 is 13.2 Å². The molecule has 10 heteroatoms. The van der Waals surface area contributed by atoms with Gasteiger partial charge in [0.25, 0.3) is 5.91 Å². The van der Waals surface area contributed by atoms with Crippen LogP contribution in [0.1, 0.15) is 76.2 Å². The Labute approximate surface area is 198 Å². The lowest BCUT2D eigenvalue weighted by atomic mass is 9.81. The lowest BCUT2D eigenvalue weighted by molar-refractivity contribution is -0.122. The molecule has 1 aromatic heterocycles. The first-order chi connectivity index (χ1) is 14.9. The standard InChI is InChI=1S/C23H39BN4O5/c1-14(2)17(27-20(30)31-21(5,6)7)18(29)28(15(3)4)19-25-12-16(13-26-19)24-32-22(8,9)23(10,11)33-24/h12-15,17H,1-11H3,(H,27,30)/t17-/m1/s1. The third-order valence-corrected chi connectivity index (χ3v) is 5.76. The Balaban J connectivity index is 2.24. The van der Waals surface area contributed by atoms with Crippen molar-refractivity contribution in [1.82, 2.24) is 15.3 Å². The van der Waals surface area contributed by atoms with Gasteiger partial charge < -0.3 is 19.4 Å². The van der Waals surface area contributed by atoms with E-state index in [9.17, 15) is 9.59 Å². The van der Waals surface area contributed by atoms with Crippen molar-refractivity contribution in [3.63, 3.8) is 0 Å².